The molecule has 10 nitrogen and oxygen atoms in total. The molecule has 43 heavy (non-hydrogen) atoms. The first-order chi connectivity index (χ1) is 20.1. The monoisotopic (exact) mass is 589 g/mol. The molecule has 0 saturated carbocycles. The van der Waals surface area contributed by atoms with Gasteiger partial charge < -0.3 is 25.2 Å². The molecular formula is C33H43N5O5. The molecule has 1 aromatic carbocycles. The third-order valence-corrected chi connectivity index (χ3v) is 8.41. The number of nitrogens with one attached hydrogen (secondary N) is 2. The molecule has 2 aliphatic heterocycles. The molecular weight excluding hydrogens is 546 g/mol. The van der Waals surface area contributed by atoms with Gasteiger partial charge in [-0.25, -0.2) is 9.78 Å². The molecule has 10 heteroatoms. The number of nitrogens with zero attached hydrogens (tertiary/aromatic N) is 3. The van der Waals surface area contributed by atoms with Crippen LogP contribution < -0.4 is 10.6 Å². The van der Waals surface area contributed by atoms with Gasteiger partial charge in [-0.3, -0.25) is 14.4 Å². The molecule has 0 radical (unpaired) electrons. The molecule has 0 bridgehead atoms. The van der Waals surface area contributed by atoms with Crippen LogP contribution in [0.2, 0.25) is 0 Å². The number of likely N-dealkylation sites (tertiary alicyclic amines) is 1. The summed E-state index contributed by atoms with van der Waals surface area (Å²) in [6.45, 7) is 13.7. The van der Waals surface area contributed by atoms with Gasteiger partial charge in [0.05, 0.1) is 11.5 Å². The first kappa shape index (κ1) is 30.5. The molecule has 1 spiro atoms. The summed E-state index contributed by atoms with van der Waals surface area (Å²) in [5.74, 6) is 0.213. The second-order valence-corrected chi connectivity index (χ2v) is 14.4. The van der Waals surface area contributed by atoms with Crippen LogP contribution in [0, 0.1) is 11.3 Å². The molecule has 0 unspecified atom stereocenters. The van der Waals surface area contributed by atoms with Gasteiger partial charge in [0.2, 0.25) is 17.7 Å². The number of ether oxygens (including phenoxy) is 1. The number of piperidine rings is 1. The van der Waals surface area contributed by atoms with Crippen molar-refractivity contribution in [2.24, 2.45) is 11.3 Å². The van der Waals surface area contributed by atoms with Gasteiger partial charge in [-0.15, -0.1) is 0 Å². The molecule has 3 aliphatic rings. The summed E-state index contributed by atoms with van der Waals surface area (Å²) < 4.78 is 5.61. The van der Waals surface area contributed by atoms with Gasteiger partial charge in [0.1, 0.15) is 18.0 Å². The summed E-state index contributed by atoms with van der Waals surface area (Å²) in [7, 11) is 0. The normalized spacial score (nSPS) is 23.0. The van der Waals surface area contributed by atoms with Crippen LogP contribution in [0.5, 0.6) is 0 Å². The number of benzene rings is 1. The maximum Gasteiger partial charge on any atom is 0.410 e. The van der Waals surface area contributed by atoms with Crippen LogP contribution in [0.1, 0.15) is 71.6 Å². The number of fused-ring (bicyclic) bond motifs is 3. The largest absolute Gasteiger partial charge is 0.444 e. The molecule has 1 aliphatic carbocycles. The molecule has 5 rings (SSSR count). The van der Waals surface area contributed by atoms with Crippen molar-refractivity contribution in [2.45, 2.75) is 84.8 Å². The number of rotatable bonds is 4. The van der Waals surface area contributed by atoms with E-state index in [1.165, 1.54) is 0 Å². The summed E-state index contributed by atoms with van der Waals surface area (Å²) in [5, 5.41) is 5.90. The van der Waals surface area contributed by atoms with Crippen LogP contribution in [0.4, 0.5) is 16.3 Å². The second kappa shape index (κ2) is 11.0. The minimum atomic E-state index is -0.716. The summed E-state index contributed by atoms with van der Waals surface area (Å²) in [6, 6.07) is 9.19. The molecule has 1 aromatic heterocycles. The molecule has 1 saturated heterocycles. The molecule has 2 N–H and O–H groups in total. The van der Waals surface area contributed by atoms with E-state index in [2.05, 4.69) is 15.6 Å². The van der Waals surface area contributed by atoms with E-state index in [1.807, 2.05) is 78.8 Å². The number of carbonyl (C=O) groups is 4. The fourth-order valence-electron chi connectivity index (χ4n) is 6.52. The van der Waals surface area contributed by atoms with Crippen LogP contribution >= 0.6 is 0 Å². The minimum absolute atomic E-state index is 0.0542. The van der Waals surface area contributed by atoms with Crippen molar-refractivity contribution in [3.05, 3.63) is 53.2 Å². The fraction of sp³-hybridized carbons (Fsp3) is 0.545. The summed E-state index contributed by atoms with van der Waals surface area (Å²) in [4.78, 5) is 60.7. The van der Waals surface area contributed by atoms with Crippen molar-refractivity contribution >= 4 is 35.3 Å². The van der Waals surface area contributed by atoms with Crippen LogP contribution in [-0.4, -0.2) is 69.9 Å². The number of hydrogen-bond acceptors (Lipinski definition) is 6. The maximum absolute atomic E-state index is 13.7. The fourth-order valence-corrected chi connectivity index (χ4v) is 6.52. The van der Waals surface area contributed by atoms with E-state index >= 15 is 0 Å². The highest BCUT2D eigenvalue weighted by Gasteiger charge is 2.51. The molecule has 2 aromatic rings. The van der Waals surface area contributed by atoms with Crippen molar-refractivity contribution in [1.29, 1.82) is 0 Å². The highest BCUT2D eigenvalue weighted by Crippen LogP contribution is 2.47. The zero-order valence-corrected chi connectivity index (χ0v) is 26.2. The Kier molecular flexibility index (Phi) is 7.77. The lowest BCUT2D eigenvalue weighted by molar-refractivity contribution is -0.146. The average molecular weight is 590 g/mol. The molecule has 3 heterocycles. The Morgan fingerprint density at radius 1 is 1.09 bits per heavy atom. The Labute approximate surface area is 253 Å². The molecule has 1 fully saturated rings. The van der Waals surface area contributed by atoms with E-state index in [-0.39, 0.29) is 36.2 Å². The topological polar surface area (TPSA) is 121 Å². The molecule has 3 atom stereocenters. The third-order valence-electron chi connectivity index (χ3n) is 8.41. The van der Waals surface area contributed by atoms with E-state index < -0.39 is 22.5 Å². The third kappa shape index (κ3) is 6.24. The lowest BCUT2D eigenvalue weighted by Gasteiger charge is -2.43. The second-order valence-electron chi connectivity index (χ2n) is 14.4. The number of anilines is 2. The summed E-state index contributed by atoms with van der Waals surface area (Å²) >= 11 is 0. The van der Waals surface area contributed by atoms with E-state index in [9.17, 15) is 19.2 Å². The van der Waals surface area contributed by atoms with Gasteiger partial charge in [-0.05, 0) is 75.3 Å². The van der Waals surface area contributed by atoms with Crippen LogP contribution in [0.25, 0.3) is 0 Å². The molecule has 4 amide bonds. The summed E-state index contributed by atoms with van der Waals surface area (Å²) in [5.41, 5.74) is 1.54. The Balaban J connectivity index is 1.32. The number of carbonyl (C=O) groups excluding carboxylic acids is 4. The van der Waals surface area contributed by atoms with Gasteiger partial charge >= 0.3 is 6.09 Å². The van der Waals surface area contributed by atoms with E-state index in [1.54, 1.807) is 16.0 Å². The standard InChI is InChI=1S/C33H43N5O5/c1-20-13-24(18-37(17-20)30(42)43-32(5,6)7)38(29(41)31(2,3)4)19-26(39)35-23-11-10-21-15-33(16-22(21)14-23)25-9-8-12-34-27(25)36-28(33)40/h8-12,14,20,24H,13,15-19H2,1-7H3,(H,35,39)(H,34,36,40)/t20-,24-,33+/m0/s1. The highest BCUT2D eigenvalue weighted by atomic mass is 16.6. The number of amides is 4. The van der Waals surface area contributed by atoms with Gasteiger partial charge in [0, 0.05) is 36.0 Å². The Hall–Kier alpha value is -3.95. The lowest BCUT2D eigenvalue weighted by Crippen LogP contribution is -2.57. The van der Waals surface area contributed by atoms with Crippen LogP contribution in [0.15, 0.2) is 36.5 Å². The Bertz CT molecular complexity index is 1460. The molecule has 230 valence electrons. The van der Waals surface area contributed by atoms with Gasteiger partial charge in [-0.1, -0.05) is 39.8 Å². The predicted octanol–water partition coefficient (Wildman–Crippen LogP) is 4.53. The van der Waals surface area contributed by atoms with Crippen molar-refractivity contribution in [1.82, 2.24) is 14.8 Å². The number of aromatic nitrogens is 1. The average Bonchev–Trinajstić information content (AvgIpc) is 3.42. The number of hydrogen-bond donors (Lipinski definition) is 2. The smallest absolute Gasteiger partial charge is 0.410 e. The first-order valence-corrected chi connectivity index (χ1v) is 15.0. The van der Waals surface area contributed by atoms with Crippen molar-refractivity contribution in [3.8, 4) is 0 Å². The quantitative estimate of drug-likeness (QED) is 0.541. The maximum atomic E-state index is 13.7. The minimum Gasteiger partial charge on any atom is -0.444 e. The summed E-state index contributed by atoms with van der Waals surface area (Å²) in [6.07, 6.45) is 3.02. The van der Waals surface area contributed by atoms with E-state index in [0.29, 0.717) is 43.9 Å². The van der Waals surface area contributed by atoms with Gasteiger partial charge in [0.25, 0.3) is 0 Å². The first-order valence-electron chi connectivity index (χ1n) is 15.0. The van der Waals surface area contributed by atoms with Gasteiger partial charge in [0.15, 0.2) is 0 Å². The van der Waals surface area contributed by atoms with Crippen LogP contribution in [-0.2, 0) is 37.4 Å². The van der Waals surface area contributed by atoms with Crippen LogP contribution in [0.3, 0.4) is 0 Å². The van der Waals surface area contributed by atoms with Crippen molar-refractivity contribution in [2.75, 3.05) is 30.3 Å². The zero-order chi connectivity index (χ0) is 31.3. The van der Waals surface area contributed by atoms with E-state index in [0.717, 1.165) is 16.7 Å². The van der Waals surface area contributed by atoms with Crippen molar-refractivity contribution in [3.63, 3.8) is 0 Å². The Morgan fingerprint density at radius 2 is 1.81 bits per heavy atom. The number of pyridine rings is 1. The highest BCUT2D eigenvalue weighted by molar-refractivity contribution is 6.06. The SMILES string of the molecule is C[C@H]1C[C@H](N(CC(=O)Nc2ccc3c(c2)C[C@@]2(C3)C(=O)Nc3ncccc32)C(=O)C(C)(C)C)CN(C(=O)OC(C)(C)C)C1. The van der Waals surface area contributed by atoms with Gasteiger partial charge in [-0.2, -0.15) is 0 Å². The predicted molar refractivity (Wildman–Crippen MR) is 164 cm³/mol. The lowest BCUT2D eigenvalue weighted by atomic mass is 9.79. The van der Waals surface area contributed by atoms with E-state index in [4.69, 9.17) is 4.74 Å². The zero-order valence-electron chi connectivity index (χ0n) is 26.2. The Morgan fingerprint density at radius 3 is 2.51 bits per heavy atom. The van der Waals surface area contributed by atoms with Crippen molar-refractivity contribution < 1.29 is 23.9 Å².